The summed E-state index contributed by atoms with van der Waals surface area (Å²) in [6.45, 7) is 4.03. The number of fused-ring (bicyclic) bond motifs is 2. The largest absolute Gasteiger partial charge is 0.454 e. The summed E-state index contributed by atoms with van der Waals surface area (Å²) in [4.78, 5) is 17.2. The Kier molecular flexibility index (Phi) is 4.39. The number of hydrogen-bond donors (Lipinski definition) is 0. The van der Waals surface area contributed by atoms with Crippen LogP contribution in [0.15, 0.2) is 42.5 Å². The first kappa shape index (κ1) is 18.0. The summed E-state index contributed by atoms with van der Waals surface area (Å²) in [5.74, 6) is 1.28. The zero-order valence-corrected chi connectivity index (χ0v) is 16.2. The van der Waals surface area contributed by atoms with Crippen LogP contribution in [0.1, 0.15) is 16.1 Å². The molecule has 2 aromatic carbocycles. The van der Waals surface area contributed by atoms with Gasteiger partial charge in [0.05, 0.1) is 5.52 Å². The molecule has 5 rings (SSSR count). The molecule has 3 heterocycles. The minimum absolute atomic E-state index is 0.00756. The molecule has 2 aliphatic rings. The van der Waals surface area contributed by atoms with Crippen molar-refractivity contribution in [2.75, 3.05) is 33.0 Å². The standard InChI is InChI=1S/C22H22FN3O3/c1-24-18-12-17(23)4-3-16(18)11-19(24)22(27)26-8-6-25(7-9-26)13-15-2-5-20-21(10-15)29-14-28-20/h2-5,10-12H,6-9,13-14H2,1H3. The van der Waals surface area contributed by atoms with Gasteiger partial charge in [-0.05, 0) is 42.0 Å². The van der Waals surface area contributed by atoms with Crippen molar-refractivity contribution in [3.63, 3.8) is 0 Å². The fourth-order valence-corrected chi connectivity index (χ4v) is 4.08. The van der Waals surface area contributed by atoms with E-state index in [-0.39, 0.29) is 18.5 Å². The molecule has 7 heteroatoms. The van der Waals surface area contributed by atoms with Crippen LogP contribution in [0.5, 0.6) is 11.5 Å². The van der Waals surface area contributed by atoms with Crippen LogP contribution < -0.4 is 9.47 Å². The van der Waals surface area contributed by atoms with Crippen molar-refractivity contribution in [2.24, 2.45) is 7.05 Å². The monoisotopic (exact) mass is 395 g/mol. The van der Waals surface area contributed by atoms with Gasteiger partial charge >= 0.3 is 0 Å². The fourth-order valence-electron chi connectivity index (χ4n) is 4.08. The van der Waals surface area contributed by atoms with Crippen molar-refractivity contribution in [3.05, 3.63) is 59.5 Å². The first-order valence-electron chi connectivity index (χ1n) is 9.73. The first-order valence-corrected chi connectivity index (χ1v) is 9.73. The summed E-state index contributed by atoms with van der Waals surface area (Å²) in [6, 6.07) is 12.5. The molecule has 1 amide bonds. The van der Waals surface area contributed by atoms with Crippen molar-refractivity contribution in [1.82, 2.24) is 14.4 Å². The highest BCUT2D eigenvalue weighted by molar-refractivity contribution is 5.98. The Morgan fingerprint density at radius 3 is 2.62 bits per heavy atom. The van der Waals surface area contributed by atoms with Crippen LogP contribution in [0.25, 0.3) is 10.9 Å². The molecule has 1 saturated heterocycles. The first-order chi connectivity index (χ1) is 14.1. The number of amides is 1. The number of carbonyl (C=O) groups is 1. The second-order valence-electron chi connectivity index (χ2n) is 7.55. The Labute approximate surface area is 168 Å². The number of aryl methyl sites for hydroxylation is 1. The maximum atomic E-state index is 13.5. The zero-order chi connectivity index (χ0) is 20.0. The predicted octanol–water partition coefficient (Wildman–Crippen LogP) is 3.00. The third kappa shape index (κ3) is 3.31. The molecule has 150 valence electrons. The molecule has 0 N–H and O–H groups in total. The molecule has 0 atom stereocenters. The maximum Gasteiger partial charge on any atom is 0.270 e. The SMILES string of the molecule is Cn1c(C(=O)N2CCN(Cc3ccc4c(c3)OCO4)CC2)cc2ccc(F)cc21. The lowest BCUT2D eigenvalue weighted by molar-refractivity contribution is 0.0619. The normalized spacial score (nSPS) is 16.6. The van der Waals surface area contributed by atoms with Gasteiger partial charge in [-0.3, -0.25) is 9.69 Å². The molecule has 29 heavy (non-hydrogen) atoms. The van der Waals surface area contributed by atoms with E-state index in [1.165, 1.54) is 17.7 Å². The second-order valence-corrected chi connectivity index (χ2v) is 7.55. The summed E-state index contributed by atoms with van der Waals surface area (Å²) < 4.78 is 26.1. The van der Waals surface area contributed by atoms with E-state index < -0.39 is 0 Å². The summed E-state index contributed by atoms with van der Waals surface area (Å²) in [5, 5.41) is 0.874. The van der Waals surface area contributed by atoms with Crippen molar-refractivity contribution in [3.8, 4) is 11.5 Å². The van der Waals surface area contributed by atoms with Gasteiger partial charge in [-0.2, -0.15) is 0 Å². The highest BCUT2D eigenvalue weighted by Crippen LogP contribution is 2.33. The van der Waals surface area contributed by atoms with Crippen molar-refractivity contribution in [2.45, 2.75) is 6.54 Å². The number of halogens is 1. The van der Waals surface area contributed by atoms with Crippen LogP contribution >= 0.6 is 0 Å². The van der Waals surface area contributed by atoms with Gasteiger partial charge in [0, 0.05) is 45.2 Å². The highest BCUT2D eigenvalue weighted by atomic mass is 19.1. The zero-order valence-electron chi connectivity index (χ0n) is 16.2. The van der Waals surface area contributed by atoms with E-state index in [9.17, 15) is 9.18 Å². The average molecular weight is 395 g/mol. The quantitative estimate of drug-likeness (QED) is 0.684. The highest BCUT2D eigenvalue weighted by Gasteiger charge is 2.25. The van der Waals surface area contributed by atoms with Crippen LogP contribution in [0.4, 0.5) is 4.39 Å². The van der Waals surface area contributed by atoms with E-state index in [1.54, 1.807) is 10.6 Å². The Balaban J connectivity index is 1.25. The van der Waals surface area contributed by atoms with Crippen LogP contribution in [0.2, 0.25) is 0 Å². The number of rotatable bonds is 3. The van der Waals surface area contributed by atoms with Gasteiger partial charge in [-0.1, -0.05) is 6.07 Å². The molecule has 0 radical (unpaired) electrons. The van der Waals surface area contributed by atoms with E-state index in [0.717, 1.165) is 42.0 Å². The van der Waals surface area contributed by atoms with Crippen LogP contribution in [-0.2, 0) is 13.6 Å². The summed E-state index contributed by atoms with van der Waals surface area (Å²) in [7, 11) is 1.81. The Morgan fingerprint density at radius 2 is 1.79 bits per heavy atom. The number of benzene rings is 2. The molecule has 0 saturated carbocycles. The summed E-state index contributed by atoms with van der Waals surface area (Å²) >= 11 is 0. The molecule has 2 aliphatic heterocycles. The molecule has 0 bridgehead atoms. The van der Waals surface area contributed by atoms with Crippen LogP contribution in [0.3, 0.4) is 0 Å². The van der Waals surface area contributed by atoms with Crippen molar-refractivity contribution in [1.29, 1.82) is 0 Å². The van der Waals surface area contributed by atoms with Gasteiger partial charge in [-0.25, -0.2) is 4.39 Å². The third-order valence-electron chi connectivity index (χ3n) is 5.73. The molecule has 0 spiro atoms. The smallest absolute Gasteiger partial charge is 0.270 e. The van der Waals surface area contributed by atoms with E-state index >= 15 is 0 Å². The van der Waals surface area contributed by atoms with Gasteiger partial charge < -0.3 is 18.9 Å². The molecule has 1 fully saturated rings. The lowest BCUT2D eigenvalue weighted by Crippen LogP contribution is -2.48. The molecule has 1 aromatic heterocycles. The van der Waals surface area contributed by atoms with Gasteiger partial charge in [0.1, 0.15) is 11.5 Å². The van der Waals surface area contributed by atoms with E-state index in [2.05, 4.69) is 11.0 Å². The van der Waals surface area contributed by atoms with Crippen LogP contribution in [0, 0.1) is 5.82 Å². The number of piperazine rings is 1. The molecular formula is C22H22FN3O3. The van der Waals surface area contributed by atoms with Crippen LogP contribution in [-0.4, -0.2) is 53.2 Å². The topological polar surface area (TPSA) is 46.9 Å². The fraction of sp³-hybridized carbons (Fsp3) is 0.318. The summed E-state index contributed by atoms with van der Waals surface area (Å²) in [5.41, 5.74) is 2.49. The lowest BCUT2D eigenvalue weighted by atomic mass is 10.1. The average Bonchev–Trinajstić information content (AvgIpc) is 3.32. The molecule has 0 aliphatic carbocycles. The second kappa shape index (κ2) is 7.08. The van der Waals surface area contributed by atoms with E-state index in [4.69, 9.17) is 9.47 Å². The Hall–Kier alpha value is -3.06. The summed E-state index contributed by atoms with van der Waals surface area (Å²) in [6.07, 6.45) is 0. The van der Waals surface area contributed by atoms with Crippen molar-refractivity contribution < 1.29 is 18.7 Å². The van der Waals surface area contributed by atoms with Gasteiger partial charge in [0.25, 0.3) is 5.91 Å². The number of nitrogens with zero attached hydrogens (tertiary/aromatic N) is 3. The van der Waals surface area contributed by atoms with Crippen molar-refractivity contribution >= 4 is 16.8 Å². The Morgan fingerprint density at radius 1 is 1.00 bits per heavy atom. The molecule has 6 nitrogen and oxygen atoms in total. The third-order valence-corrected chi connectivity index (χ3v) is 5.73. The number of hydrogen-bond acceptors (Lipinski definition) is 4. The van der Waals surface area contributed by atoms with E-state index in [0.29, 0.717) is 18.8 Å². The minimum atomic E-state index is -0.296. The van der Waals surface area contributed by atoms with E-state index in [1.807, 2.05) is 30.1 Å². The molecule has 3 aromatic rings. The number of ether oxygens (including phenoxy) is 2. The minimum Gasteiger partial charge on any atom is -0.454 e. The van der Waals surface area contributed by atoms with Gasteiger partial charge in [0.2, 0.25) is 6.79 Å². The number of aromatic nitrogens is 1. The lowest BCUT2D eigenvalue weighted by Gasteiger charge is -2.34. The predicted molar refractivity (Wildman–Crippen MR) is 107 cm³/mol. The number of carbonyl (C=O) groups excluding carboxylic acids is 1. The molecule has 0 unspecified atom stereocenters. The van der Waals surface area contributed by atoms with Gasteiger partial charge in [-0.15, -0.1) is 0 Å². The van der Waals surface area contributed by atoms with Gasteiger partial charge in [0.15, 0.2) is 11.5 Å². The Bertz CT molecular complexity index is 1090. The molecular weight excluding hydrogens is 373 g/mol. The maximum absolute atomic E-state index is 13.5.